The number of hydrogen-bond donors (Lipinski definition) is 1. The SMILES string of the molecule is NCC1CCc2c(Cl)cccc2C12CCC2. The average Bonchev–Trinajstić information content (AvgIpc) is 2.25. The van der Waals surface area contributed by atoms with Crippen molar-refractivity contribution in [2.45, 2.75) is 37.5 Å². The first-order valence-electron chi connectivity index (χ1n) is 6.26. The third kappa shape index (κ3) is 1.28. The first-order chi connectivity index (χ1) is 7.78. The van der Waals surface area contributed by atoms with E-state index in [0.717, 1.165) is 18.0 Å². The Morgan fingerprint density at radius 3 is 2.81 bits per heavy atom. The molecule has 1 aromatic rings. The summed E-state index contributed by atoms with van der Waals surface area (Å²) in [5.74, 6) is 0.673. The van der Waals surface area contributed by atoms with Crippen LogP contribution in [0.1, 0.15) is 36.8 Å². The normalized spacial score (nSPS) is 26.2. The molecule has 0 aliphatic heterocycles. The molecule has 1 spiro atoms. The molecule has 86 valence electrons. The fourth-order valence-corrected chi connectivity index (χ4v) is 3.94. The minimum absolute atomic E-state index is 0.382. The second-order valence-corrected chi connectivity index (χ2v) is 5.65. The Morgan fingerprint density at radius 2 is 2.19 bits per heavy atom. The number of benzene rings is 1. The van der Waals surface area contributed by atoms with Gasteiger partial charge in [0.05, 0.1) is 0 Å². The van der Waals surface area contributed by atoms with Crippen LogP contribution in [0.5, 0.6) is 0 Å². The van der Waals surface area contributed by atoms with Crippen molar-refractivity contribution in [3.05, 3.63) is 34.3 Å². The van der Waals surface area contributed by atoms with Gasteiger partial charge in [0.15, 0.2) is 0 Å². The van der Waals surface area contributed by atoms with Crippen LogP contribution < -0.4 is 5.73 Å². The summed E-state index contributed by atoms with van der Waals surface area (Å²) in [5.41, 5.74) is 9.24. The number of fused-ring (bicyclic) bond motifs is 2. The van der Waals surface area contributed by atoms with E-state index in [1.54, 1.807) is 0 Å². The molecular formula is C14H18ClN. The van der Waals surface area contributed by atoms with Crippen molar-refractivity contribution in [2.75, 3.05) is 6.54 Å². The Labute approximate surface area is 102 Å². The van der Waals surface area contributed by atoms with Gasteiger partial charge in [0.1, 0.15) is 0 Å². The number of halogens is 1. The number of hydrogen-bond acceptors (Lipinski definition) is 1. The second kappa shape index (κ2) is 3.75. The molecule has 0 aromatic heterocycles. The standard InChI is InChI=1S/C14H18ClN/c15-13-4-1-3-12-11(13)6-5-10(9-16)14(12)7-2-8-14/h1,3-4,10H,2,5-9,16H2. The zero-order valence-corrected chi connectivity index (χ0v) is 10.3. The van der Waals surface area contributed by atoms with Crippen LogP contribution in [0.15, 0.2) is 18.2 Å². The molecule has 2 N–H and O–H groups in total. The minimum Gasteiger partial charge on any atom is -0.330 e. The summed E-state index contributed by atoms with van der Waals surface area (Å²) in [6, 6.07) is 6.40. The van der Waals surface area contributed by atoms with Crippen LogP contribution in [0.3, 0.4) is 0 Å². The van der Waals surface area contributed by atoms with Crippen LogP contribution in [0.25, 0.3) is 0 Å². The zero-order chi connectivity index (χ0) is 11.2. The zero-order valence-electron chi connectivity index (χ0n) is 9.51. The van der Waals surface area contributed by atoms with Gasteiger partial charge in [-0.3, -0.25) is 0 Å². The molecule has 0 radical (unpaired) electrons. The lowest BCUT2D eigenvalue weighted by Gasteiger charge is -2.52. The Bertz CT molecular complexity index is 409. The Balaban J connectivity index is 2.12. The monoisotopic (exact) mass is 235 g/mol. The van der Waals surface area contributed by atoms with E-state index in [1.807, 2.05) is 6.07 Å². The third-order valence-electron chi connectivity index (χ3n) is 4.71. The van der Waals surface area contributed by atoms with Crippen molar-refractivity contribution in [3.63, 3.8) is 0 Å². The van der Waals surface area contributed by atoms with Crippen molar-refractivity contribution in [1.82, 2.24) is 0 Å². The molecule has 1 fully saturated rings. The van der Waals surface area contributed by atoms with E-state index >= 15 is 0 Å². The van der Waals surface area contributed by atoms with E-state index in [0.29, 0.717) is 11.3 Å². The Hall–Kier alpha value is -0.530. The number of nitrogens with two attached hydrogens (primary N) is 1. The number of rotatable bonds is 1. The predicted octanol–water partition coefficient (Wildman–Crippen LogP) is 3.28. The maximum atomic E-state index is 6.31. The van der Waals surface area contributed by atoms with Gasteiger partial charge in [0.2, 0.25) is 0 Å². The van der Waals surface area contributed by atoms with Gasteiger partial charge < -0.3 is 5.73 Å². The molecule has 3 rings (SSSR count). The first kappa shape index (κ1) is 10.6. The van der Waals surface area contributed by atoms with Crippen LogP contribution in [-0.2, 0) is 11.8 Å². The highest BCUT2D eigenvalue weighted by atomic mass is 35.5. The van der Waals surface area contributed by atoms with Crippen LogP contribution >= 0.6 is 11.6 Å². The van der Waals surface area contributed by atoms with Crippen LogP contribution in [-0.4, -0.2) is 6.54 Å². The highest BCUT2D eigenvalue weighted by Crippen LogP contribution is 2.54. The van der Waals surface area contributed by atoms with Crippen LogP contribution in [0, 0.1) is 5.92 Å². The maximum absolute atomic E-state index is 6.31. The van der Waals surface area contributed by atoms with E-state index in [9.17, 15) is 0 Å². The molecule has 2 aliphatic rings. The van der Waals surface area contributed by atoms with Crippen LogP contribution in [0.4, 0.5) is 0 Å². The molecule has 1 unspecified atom stereocenters. The predicted molar refractivity (Wildman–Crippen MR) is 67.8 cm³/mol. The Kier molecular flexibility index (Phi) is 2.49. The molecule has 1 aromatic carbocycles. The van der Waals surface area contributed by atoms with E-state index in [4.69, 9.17) is 17.3 Å². The van der Waals surface area contributed by atoms with Gasteiger partial charge >= 0.3 is 0 Å². The molecular weight excluding hydrogens is 218 g/mol. The van der Waals surface area contributed by atoms with E-state index in [-0.39, 0.29) is 0 Å². The molecule has 0 heterocycles. The van der Waals surface area contributed by atoms with E-state index in [2.05, 4.69) is 12.1 Å². The van der Waals surface area contributed by atoms with Gasteiger partial charge in [0.25, 0.3) is 0 Å². The summed E-state index contributed by atoms with van der Waals surface area (Å²) in [5, 5.41) is 0.958. The van der Waals surface area contributed by atoms with Crippen molar-refractivity contribution in [3.8, 4) is 0 Å². The fraction of sp³-hybridized carbons (Fsp3) is 0.571. The van der Waals surface area contributed by atoms with E-state index < -0.39 is 0 Å². The first-order valence-corrected chi connectivity index (χ1v) is 6.64. The summed E-state index contributed by atoms with van der Waals surface area (Å²) in [6.45, 7) is 0.825. The smallest absolute Gasteiger partial charge is 0.0440 e. The lowest BCUT2D eigenvalue weighted by Crippen LogP contribution is -2.48. The fourth-order valence-electron chi connectivity index (χ4n) is 3.67. The van der Waals surface area contributed by atoms with Crippen LogP contribution in [0.2, 0.25) is 5.02 Å². The molecule has 0 saturated heterocycles. The summed E-state index contributed by atoms with van der Waals surface area (Å²) >= 11 is 6.31. The quantitative estimate of drug-likeness (QED) is 0.794. The van der Waals surface area contributed by atoms with Gasteiger partial charge in [0, 0.05) is 5.02 Å². The van der Waals surface area contributed by atoms with Gasteiger partial charge in [-0.2, -0.15) is 0 Å². The van der Waals surface area contributed by atoms with Crippen molar-refractivity contribution < 1.29 is 0 Å². The van der Waals surface area contributed by atoms with E-state index in [1.165, 1.54) is 36.8 Å². The molecule has 0 bridgehead atoms. The second-order valence-electron chi connectivity index (χ2n) is 5.25. The topological polar surface area (TPSA) is 26.0 Å². The summed E-state index contributed by atoms with van der Waals surface area (Å²) < 4.78 is 0. The average molecular weight is 236 g/mol. The summed E-state index contributed by atoms with van der Waals surface area (Å²) in [6.07, 6.45) is 6.29. The molecule has 1 saturated carbocycles. The lowest BCUT2D eigenvalue weighted by molar-refractivity contribution is 0.129. The van der Waals surface area contributed by atoms with Crippen molar-refractivity contribution in [1.29, 1.82) is 0 Å². The van der Waals surface area contributed by atoms with Crippen molar-refractivity contribution >= 4 is 11.6 Å². The highest BCUT2D eigenvalue weighted by Gasteiger charge is 2.47. The lowest BCUT2D eigenvalue weighted by atomic mass is 9.53. The summed E-state index contributed by atoms with van der Waals surface area (Å²) in [4.78, 5) is 0. The van der Waals surface area contributed by atoms with Gasteiger partial charge in [-0.15, -0.1) is 0 Å². The minimum atomic E-state index is 0.382. The summed E-state index contributed by atoms with van der Waals surface area (Å²) in [7, 11) is 0. The van der Waals surface area contributed by atoms with Gasteiger partial charge in [-0.25, -0.2) is 0 Å². The molecule has 1 atom stereocenters. The molecule has 2 aliphatic carbocycles. The maximum Gasteiger partial charge on any atom is 0.0440 e. The third-order valence-corrected chi connectivity index (χ3v) is 5.06. The molecule has 2 heteroatoms. The molecule has 0 amide bonds. The van der Waals surface area contributed by atoms with Gasteiger partial charge in [-0.05, 0) is 60.8 Å². The Morgan fingerprint density at radius 1 is 1.38 bits per heavy atom. The largest absolute Gasteiger partial charge is 0.330 e. The van der Waals surface area contributed by atoms with Crippen molar-refractivity contribution in [2.24, 2.45) is 11.7 Å². The van der Waals surface area contributed by atoms with Gasteiger partial charge in [-0.1, -0.05) is 30.2 Å². The molecule has 16 heavy (non-hydrogen) atoms. The highest BCUT2D eigenvalue weighted by molar-refractivity contribution is 6.31. The molecule has 1 nitrogen and oxygen atoms in total.